The van der Waals surface area contributed by atoms with Gasteiger partial charge in [0.25, 0.3) is 0 Å². The molecule has 1 saturated carbocycles. The van der Waals surface area contributed by atoms with Gasteiger partial charge in [0.1, 0.15) is 0 Å². The summed E-state index contributed by atoms with van der Waals surface area (Å²) < 4.78 is 0. The molecule has 2 rings (SSSR count). The molecule has 1 fully saturated rings. The molecule has 0 radical (unpaired) electrons. The van der Waals surface area contributed by atoms with Gasteiger partial charge in [0, 0.05) is 0 Å². The largest absolute Gasteiger partial charge is 0.198 e. The molecule has 0 aromatic rings. The lowest BCUT2D eigenvalue weighted by Gasteiger charge is -2.09. The number of fused-ring (bicyclic) bond motifs is 2. The molecule has 2 aliphatic rings. The predicted molar refractivity (Wildman–Crippen MR) is 39.0 cm³/mol. The van der Waals surface area contributed by atoms with Crippen LogP contribution in [0.25, 0.3) is 0 Å². The summed E-state index contributed by atoms with van der Waals surface area (Å²) in [5, 5.41) is 8.72. The van der Waals surface area contributed by atoms with E-state index in [0.717, 1.165) is 18.3 Å². The molecule has 0 aromatic carbocycles. The summed E-state index contributed by atoms with van der Waals surface area (Å²) >= 11 is 0. The summed E-state index contributed by atoms with van der Waals surface area (Å²) in [6.07, 6.45) is 5.62. The summed E-state index contributed by atoms with van der Waals surface area (Å²) in [7, 11) is 0. The minimum atomic E-state index is 0.324. The predicted octanol–water partition coefficient (Wildman–Crippen LogP) is 1.97. The fourth-order valence-electron chi connectivity index (χ4n) is 2.29. The third-order valence-electron chi connectivity index (χ3n) is 3.02. The first-order valence-corrected chi connectivity index (χ1v) is 3.91. The second-order valence-electron chi connectivity index (χ2n) is 3.46. The Morgan fingerprint density at radius 2 is 2.30 bits per heavy atom. The van der Waals surface area contributed by atoms with Crippen LogP contribution in [0.5, 0.6) is 0 Å². The molecule has 1 heteroatoms. The van der Waals surface area contributed by atoms with Gasteiger partial charge in [-0.25, -0.2) is 0 Å². The molecular formula is C9H11N. The number of hydrogen-bond acceptors (Lipinski definition) is 1. The van der Waals surface area contributed by atoms with Crippen molar-refractivity contribution in [1.29, 1.82) is 5.26 Å². The second kappa shape index (κ2) is 1.85. The van der Waals surface area contributed by atoms with Crippen LogP contribution in [0.2, 0.25) is 0 Å². The summed E-state index contributed by atoms with van der Waals surface area (Å²) in [4.78, 5) is 0. The molecule has 4 atom stereocenters. The summed E-state index contributed by atoms with van der Waals surface area (Å²) in [5.74, 6) is 2.36. The van der Waals surface area contributed by atoms with Crippen LogP contribution in [0, 0.1) is 35.0 Å². The summed E-state index contributed by atoms with van der Waals surface area (Å²) in [5.41, 5.74) is 0. The first-order chi connectivity index (χ1) is 4.83. The topological polar surface area (TPSA) is 23.8 Å². The molecule has 0 spiro atoms. The second-order valence-corrected chi connectivity index (χ2v) is 3.46. The molecule has 0 aromatic heterocycles. The van der Waals surface area contributed by atoms with E-state index in [1.54, 1.807) is 0 Å². The molecule has 0 unspecified atom stereocenters. The van der Waals surface area contributed by atoms with Gasteiger partial charge < -0.3 is 0 Å². The Balaban J connectivity index is 2.25. The standard InChI is InChI=1S/C9H11N/c1-6-7-2-3-9(6)8(4-7)5-10/h2-3,6-9H,4H2,1H3/t6-,7+,8+,9+/m0/s1. The van der Waals surface area contributed by atoms with Crippen molar-refractivity contribution in [3.63, 3.8) is 0 Å². The lowest BCUT2D eigenvalue weighted by atomic mass is 9.93. The van der Waals surface area contributed by atoms with Gasteiger partial charge in [-0.2, -0.15) is 5.26 Å². The van der Waals surface area contributed by atoms with E-state index in [4.69, 9.17) is 5.26 Å². The Morgan fingerprint density at radius 1 is 1.50 bits per heavy atom. The van der Waals surface area contributed by atoms with E-state index >= 15 is 0 Å². The zero-order valence-electron chi connectivity index (χ0n) is 6.12. The van der Waals surface area contributed by atoms with Gasteiger partial charge in [0.05, 0.1) is 12.0 Å². The Kier molecular flexibility index (Phi) is 1.11. The number of hydrogen-bond donors (Lipinski definition) is 0. The highest BCUT2D eigenvalue weighted by atomic mass is 14.5. The Morgan fingerprint density at radius 3 is 2.60 bits per heavy atom. The van der Waals surface area contributed by atoms with Crippen molar-refractivity contribution in [2.75, 3.05) is 0 Å². The summed E-state index contributed by atoms with van der Waals surface area (Å²) in [6.45, 7) is 2.26. The highest BCUT2D eigenvalue weighted by Crippen LogP contribution is 2.47. The average molecular weight is 133 g/mol. The van der Waals surface area contributed by atoms with E-state index in [2.05, 4.69) is 25.1 Å². The van der Waals surface area contributed by atoms with Crippen molar-refractivity contribution in [3.8, 4) is 6.07 Å². The van der Waals surface area contributed by atoms with Crippen molar-refractivity contribution in [3.05, 3.63) is 12.2 Å². The number of nitrogens with zero attached hydrogens (tertiary/aromatic N) is 1. The Hall–Kier alpha value is -0.770. The number of rotatable bonds is 0. The molecule has 0 heterocycles. The first-order valence-electron chi connectivity index (χ1n) is 3.91. The van der Waals surface area contributed by atoms with Gasteiger partial charge in [-0.1, -0.05) is 19.1 Å². The highest BCUT2D eigenvalue weighted by molar-refractivity contribution is 5.17. The monoisotopic (exact) mass is 133 g/mol. The SMILES string of the molecule is C[C@@H]1[C@H]2C=C[C@@H]1C[C@@H]2C#N. The molecule has 0 amide bonds. The molecule has 0 N–H and O–H groups in total. The molecule has 0 aliphatic heterocycles. The first kappa shape index (κ1) is 5.97. The molecule has 2 aliphatic carbocycles. The fraction of sp³-hybridized carbons (Fsp3) is 0.667. The molecule has 1 nitrogen and oxygen atoms in total. The van der Waals surface area contributed by atoms with E-state index in [1.165, 1.54) is 0 Å². The lowest BCUT2D eigenvalue weighted by molar-refractivity contribution is 0.455. The smallest absolute Gasteiger partial charge is 0.0662 e. The van der Waals surface area contributed by atoms with Gasteiger partial charge in [-0.05, 0) is 24.2 Å². The average Bonchev–Trinajstić information content (AvgIpc) is 2.46. The van der Waals surface area contributed by atoms with Crippen LogP contribution in [0.4, 0.5) is 0 Å². The van der Waals surface area contributed by atoms with E-state index in [9.17, 15) is 0 Å². The van der Waals surface area contributed by atoms with Gasteiger partial charge in [-0.3, -0.25) is 0 Å². The third-order valence-corrected chi connectivity index (χ3v) is 3.02. The fourth-order valence-corrected chi connectivity index (χ4v) is 2.29. The van der Waals surface area contributed by atoms with Crippen molar-refractivity contribution < 1.29 is 0 Å². The van der Waals surface area contributed by atoms with Crippen molar-refractivity contribution in [2.24, 2.45) is 23.7 Å². The third kappa shape index (κ3) is 0.568. The van der Waals surface area contributed by atoms with Crippen LogP contribution in [-0.4, -0.2) is 0 Å². The van der Waals surface area contributed by atoms with E-state index in [0.29, 0.717) is 11.8 Å². The van der Waals surface area contributed by atoms with Crippen molar-refractivity contribution in [1.82, 2.24) is 0 Å². The minimum absolute atomic E-state index is 0.324. The van der Waals surface area contributed by atoms with E-state index in [-0.39, 0.29) is 0 Å². The molecule has 10 heavy (non-hydrogen) atoms. The highest BCUT2D eigenvalue weighted by Gasteiger charge is 2.41. The van der Waals surface area contributed by atoms with Gasteiger partial charge >= 0.3 is 0 Å². The normalized spacial score (nSPS) is 49.6. The Labute approximate surface area is 61.4 Å². The van der Waals surface area contributed by atoms with Crippen LogP contribution >= 0.6 is 0 Å². The molecule has 52 valence electrons. The van der Waals surface area contributed by atoms with Crippen LogP contribution in [-0.2, 0) is 0 Å². The maximum atomic E-state index is 8.72. The van der Waals surface area contributed by atoms with Crippen LogP contribution in [0.3, 0.4) is 0 Å². The molecular weight excluding hydrogens is 122 g/mol. The maximum absolute atomic E-state index is 8.72. The van der Waals surface area contributed by atoms with E-state index in [1.807, 2.05) is 0 Å². The number of nitriles is 1. The zero-order valence-corrected chi connectivity index (χ0v) is 6.12. The van der Waals surface area contributed by atoms with Crippen LogP contribution < -0.4 is 0 Å². The van der Waals surface area contributed by atoms with Gasteiger partial charge in [-0.15, -0.1) is 0 Å². The van der Waals surface area contributed by atoms with E-state index < -0.39 is 0 Å². The van der Waals surface area contributed by atoms with Crippen molar-refractivity contribution in [2.45, 2.75) is 13.3 Å². The lowest BCUT2D eigenvalue weighted by Crippen LogP contribution is -2.06. The maximum Gasteiger partial charge on any atom is 0.0662 e. The van der Waals surface area contributed by atoms with Gasteiger partial charge in [0.15, 0.2) is 0 Å². The minimum Gasteiger partial charge on any atom is -0.198 e. The number of allylic oxidation sites excluding steroid dienone is 2. The molecule has 0 saturated heterocycles. The Bertz CT molecular complexity index is 211. The van der Waals surface area contributed by atoms with Crippen LogP contribution in [0.15, 0.2) is 12.2 Å². The van der Waals surface area contributed by atoms with Gasteiger partial charge in [0.2, 0.25) is 0 Å². The quantitative estimate of drug-likeness (QED) is 0.463. The van der Waals surface area contributed by atoms with Crippen molar-refractivity contribution >= 4 is 0 Å². The zero-order chi connectivity index (χ0) is 7.14. The van der Waals surface area contributed by atoms with Crippen LogP contribution in [0.1, 0.15) is 13.3 Å². The molecule has 2 bridgehead atoms. The summed E-state index contributed by atoms with van der Waals surface area (Å²) in [6, 6.07) is 2.37.